The van der Waals surface area contributed by atoms with E-state index in [9.17, 15) is 10.1 Å². The van der Waals surface area contributed by atoms with Crippen molar-refractivity contribution >= 4 is 5.69 Å². The molecule has 2 rings (SSSR count). The van der Waals surface area contributed by atoms with Crippen LogP contribution in [0.25, 0.3) is 0 Å². The fourth-order valence-corrected chi connectivity index (χ4v) is 1.77. The maximum atomic E-state index is 10.9. The van der Waals surface area contributed by atoms with Gasteiger partial charge in [-0.2, -0.15) is 0 Å². The van der Waals surface area contributed by atoms with E-state index in [0.717, 1.165) is 0 Å². The van der Waals surface area contributed by atoms with Crippen LogP contribution in [0.4, 0.5) is 5.69 Å². The summed E-state index contributed by atoms with van der Waals surface area (Å²) in [4.78, 5) is 14.4. The van der Waals surface area contributed by atoms with Gasteiger partial charge in [-0.15, -0.1) is 0 Å². The monoisotopic (exact) mass is 274 g/mol. The zero-order valence-electron chi connectivity index (χ0n) is 10.7. The summed E-state index contributed by atoms with van der Waals surface area (Å²) in [5, 5.41) is 19.7. The lowest BCUT2D eigenvalue weighted by atomic mass is 10.1. The second-order valence-electron chi connectivity index (χ2n) is 4.13. The summed E-state index contributed by atoms with van der Waals surface area (Å²) in [5.74, 6) is 0.570. The van der Waals surface area contributed by atoms with Gasteiger partial charge in [0.1, 0.15) is 5.75 Å². The van der Waals surface area contributed by atoms with E-state index < -0.39 is 4.92 Å². The van der Waals surface area contributed by atoms with Crippen LogP contribution in [0.2, 0.25) is 0 Å². The van der Waals surface area contributed by atoms with Crippen molar-refractivity contribution in [3.05, 3.63) is 64.0 Å². The summed E-state index contributed by atoms with van der Waals surface area (Å²) < 4.78 is 5.48. The number of aliphatic hydroxyl groups is 1. The molecule has 1 heterocycles. The molecule has 0 fully saturated rings. The molecule has 0 unspecified atom stereocenters. The smallest absolute Gasteiger partial charge is 0.272 e. The summed E-state index contributed by atoms with van der Waals surface area (Å²) in [6.45, 7) is 0.210. The average molecular weight is 274 g/mol. The Bertz CT molecular complexity index is 584. The van der Waals surface area contributed by atoms with Crippen molar-refractivity contribution in [2.24, 2.45) is 0 Å². The minimum absolute atomic E-state index is 0.102. The Morgan fingerprint density at radius 2 is 2.05 bits per heavy atom. The van der Waals surface area contributed by atoms with Gasteiger partial charge in [0.25, 0.3) is 5.69 Å². The maximum absolute atomic E-state index is 10.9. The van der Waals surface area contributed by atoms with Crippen molar-refractivity contribution in [3.8, 4) is 5.75 Å². The molecule has 0 aliphatic heterocycles. The van der Waals surface area contributed by atoms with Crippen LogP contribution >= 0.6 is 0 Å². The van der Waals surface area contributed by atoms with Crippen LogP contribution < -0.4 is 4.74 Å². The van der Waals surface area contributed by atoms with E-state index in [1.165, 1.54) is 12.3 Å². The van der Waals surface area contributed by atoms with Crippen LogP contribution in [0.1, 0.15) is 11.3 Å². The van der Waals surface area contributed by atoms with E-state index in [-0.39, 0.29) is 12.3 Å². The van der Waals surface area contributed by atoms with Gasteiger partial charge in [0.2, 0.25) is 0 Å². The van der Waals surface area contributed by atoms with Gasteiger partial charge < -0.3 is 9.84 Å². The van der Waals surface area contributed by atoms with Gasteiger partial charge >= 0.3 is 0 Å². The molecule has 0 aliphatic carbocycles. The number of pyridine rings is 1. The van der Waals surface area contributed by atoms with Crippen molar-refractivity contribution in [1.29, 1.82) is 0 Å². The first-order valence-electron chi connectivity index (χ1n) is 6.11. The fourth-order valence-electron chi connectivity index (χ4n) is 1.77. The first-order valence-corrected chi connectivity index (χ1v) is 6.11. The predicted octanol–water partition coefficient (Wildman–Crippen LogP) is 2.10. The highest BCUT2D eigenvalue weighted by Gasteiger charge is 2.11. The SMILES string of the molecule is O=[N+]([O-])c1ccccc1CCOc1ccc(CO)nc1. The van der Waals surface area contributed by atoms with Crippen molar-refractivity contribution in [2.75, 3.05) is 6.61 Å². The van der Waals surface area contributed by atoms with E-state index in [1.807, 2.05) is 0 Å². The van der Waals surface area contributed by atoms with Crippen molar-refractivity contribution in [1.82, 2.24) is 4.98 Å². The topological polar surface area (TPSA) is 85.5 Å². The summed E-state index contributed by atoms with van der Waals surface area (Å²) in [7, 11) is 0. The molecule has 0 radical (unpaired) electrons. The highest BCUT2D eigenvalue weighted by atomic mass is 16.6. The van der Waals surface area contributed by atoms with Gasteiger partial charge in [-0.3, -0.25) is 15.1 Å². The molecule has 2 aromatic rings. The maximum Gasteiger partial charge on any atom is 0.272 e. The second kappa shape index (κ2) is 6.63. The molecule has 1 aromatic carbocycles. The van der Waals surface area contributed by atoms with E-state index in [0.29, 0.717) is 30.0 Å². The number of aliphatic hydroxyl groups excluding tert-OH is 1. The third-order valence-corrected chi connectivity index (χ3v) is 2.79. The Labute approximate surface area is 115 Å². The second-order valence-corrected chi connectivity index (χ2v) is 4.13. The molecule has 0 spiro atoms. The van der Waals surface area contributed by atoms with Crippen LogP contribution in [0.3, 0.4) is 0 Å². The largest absolute Gasteiger partial charge is 0.492 e. The van der Waals surface area contributed by atoms with Gasteiger partial charge in [0.15, 0.2) is 0 Å². The molecular formula is C14H14N2O4. The number of nitrogens with zero attached hydrogens (tertiary/aromatic N) is 2. The lowest BCUT2D eigenvalue weighted by Gasteiger charge is -2.06. The average Bonchev–Trinajstić information content (AvgIpc) is 2.48. The van der Waals surface area contributed by atoms with E-state index in [1.54, 1.807) is 30.3 Å². The van der Waals surface area contributed by atoms with E-state index in [2.05, 4.69) is 4.98 Å². The first kappa shape index (κ1) is 14.0. The molecule has 20 heavy (non-hydrogen) atoms. The molecule has 0 atom stereocenters. The Balaban J connectivity index is 1.94. The highest BCUT2D eigenvalue weighted by Crippen LogP contribution is 2.18. The lowest BCUT2D eigenvalue weighted by molar-refractivity contribution is -0.385. The number of ether oxygens (including phenoxy) is 1. The van der Waals surface area contributed by atoms with E-state index in [4.69, 9.17) is 9.84 Å². The Hall–Kier alpha value is -2.47. The quantitative estimate of drug-likeness (QED) is 0.644. The molecule has 1 aromatic heterocycles. The first-order chi connectivity index (χ1) is 9.70. The zero-order valence-corrected chi connectivity index (χ0v) is 10.7. The van der Waals surface area contributed by atoms with E-state index >= 15 is 0 Å². The number of hydrogen-bond donors (Lipinski definition) is 1. The Kier molecular flexibility index (Phi) is 4.62. The van der Waals surface area contributed by atoms with Gasteiger partial charge in [-0.1, -0.05) is 18.2 Å². The number of rotatable bonds is 6. The number of para-hydroxylation sites is 1. The molecule has 6 heteroatoms. The van der Waals surface area contributed by atoms with Crippen LogP contribution in [-0.2, 0) is 13.0 Å². The number of nitro benzene ring substituents is 1. The molecule has 0 saturated heterocycles. The van der Waals surface area contributed by atoms with Gasteiger partial charge in [-0.25, -0.2) is 0 Å². The molecule has 1 N–H and O–H groups in total. The number of hydrogen-bond acceptors (Lipinski definition) is 5. The third-order valence-electron chi connectivity index (χ3n) is 2.79. The van der Waals surface area contributed by atoms with Crippen molar-refractivity contribution < 1.29 is 14.8 Å². The summed E-state index contributed by atoms with van der Waals surface area (Å²) in [6, 6.07) is 9.97. The molecule has 6 nitrogen and oxygen atoms in total. The molecule has 0 amide bonds. The normalized spacial score (nSPS) is 10.2. The number of nitro groups is 1. The molecular weight excluding hydrogens is 260 g/mol. The summed E-state index contributed by atoms with van der Waals surface area (Å²) >= 11 is 0. The van der Waals surface area contributed by atoms with Crippen molar-refractivity contribution in [3.63, 3.8) is 0 Å². The van der Waals surface area contributed by atoms with Crippen LogP contribution in [0.15, 0.2) is 42.6 Å². The number of benzene rings is 1. The van der Waals surface area contributed by atoms with Crippen LogP contribution in [0, 0.1) is 10.1 Å². The molecule has 0 aliphatic rings. The number of aromatic nitrogens is 1. The van der Waals surface area contributed by atoms with Gasteiger partial charge in [0.05, 0.1) is 30.0 Å². The third kappa shape index (κ3) is 3.52. The molecule has 0 saturated carbocycles. The molecule has 104 valence electrons. The molecule has 0 bridgehead atoms. The highest BCUT2D eigenvalue weighted by molar-refractivity contribution is 5.39. The summed E-state index contributed by atoms with van der Waals surface area (Å²) in [6.07, 6.45) is 1.96. The van der Waals surface area contributed by atoms with Gasteiger partial charge in [-0.05, 0) is 12.1 Å². The minimum Gasteiger partial charge on any atom is -0.492 e. The Morgan fingerprint density at radius 1 is 1.25 bits per heavy atom. The zero-order chi connectivity index (χ0) is 14.4. The minimum atomic E-state index is -0.396. The predicted molar refractivity (Wildman–Crippen MR) is 72.5 cm³/mol. The standard InChI is InChI=1S/C14H14N2O4/c17-10-12-5-6-13(9-15-12)20-8-7-11-3-1-2-4-14(11)16(18)19/h1-6,9,17H,7-8,10H2. The summed E-state index contributed by atoms with van der Waals surface area (Å²) in [5.41, 5.74) is 1.30. The lowest BCUT2D eigenvalue weighted by Crippen LogP contribution is -2.04. The van der Waals surface area contributed by atoms with Gasteiger partial charge in [0, 0.05) is 18.1 Å². The van der Waals surface area contributed by atoms with Crippen molar-refractivity contribution in [2.45, 2.75) is 13.0 Å². The fraction of sp³-hybridized carbons (Fsp3) is 0.214. The van der Waals surface area contributed by atoms with Crippen LogP contribution in [-0.4, -0.2) is 21.6 Å². The van der Waals surface area contributed by atoms with Crippen LogP contribution in [0.5, 0.6) is 5.75 Å². The Morgan fingerprint density at radius 3 is 2.70 bits per heavy atom.